The number of hydrogen-bond acceptors (Lipinski definition) is 5. The Balaban J connectivity index is 1.57. The lowest BCUT2D eigenvalue weighted by molar-refractivity contribution is 0.102. The summed E-state index contributed by atoms with van der Waals surface area (Å²) in [5.74, 6) is 1.49. The van der Waals surface area contributed by atoms with Gasteiger partial charge in [0.1, 0.15) is 11.6 Å². The molecule has 0 aliphatic carbocycles. The molecular formula is C19H18N4O2. The van der Waals surface area contributed by atoms with Gasteiger partial charge < -0.3 is 15.4 Å². The molecule has 126 valence electrons. The highest BCUT2D eigenvalue weighted by atomic mass is 16.5. The zero-order valence-corrected chi connectivity index (χ0v) is 13.8. The summed E-state index contributed by atoms with van der Waals surface area (Å²) in [6.45, 7) is 0.660. The van der Waals surface area contributed by atoms with Crippen LogP contribution in [0.4, 0.5) is 11.6 Å². The number of benzene rings is 2. The summed E-state index contributed by atoms with van der Waals surface area (Å²) in [6, 6.07) is 20.3. The molecule has 0 unspecified atom stereocenters. The molecular weight excluding hydrogens is 316 g/mol. The summed E-state index contributed by atoms with van der Waals surface area (Å²) in [4.78, 5) is 12.2. The van der Waals surface area contributed by atoms with Crippen molar-refractivity contribution in [2.45, 2.75) is 6.54 Å². The van der Waals surface area contributed by atoms with Crippen molar-refractivity contribution in [1.29, 1.82) is 0 Å². The van der Waals surface area contributed by atoms with E-state index in [4.69, 9.17) is 4.74 Å². The highest BCUT2D eigenvalue weighted by molar-refractivity contribution is 6.03. The molecule has 1 aromatic heterocycles. The monoisotopic (exact) mass is 334 g/mol. The number of aromatic nitrogens is 2. The van der Waals surface area contributed by atoms with E-state index < -0.39 is 0 Å². The summed E-state index contributed by atoms with van der Waals surface area (Å²) in [6.07, 6.45) is 0. The summed E-state index contributed by atoms with van der Waals surface area (Å²) in [7, 11) is 1.58. The molecule has 6 heteroatoms. The molecule has 2 N–H and O–H groups in total. The van der Waals surface area contributed by atoms with Gasteiger partial charge in [-0.15, -0.1) is 10.2 Å². The largest absolute Gasteiger partial charge is 0.497 e. The Kier molecular flexibility index (Phi) is 5.21. The van der Waals surface area contributed by atoms with E-state index in [1.165, 1.54) is 0 Å². The molecule has 1 amide bonds. The highest BCUT2D eigenvalue weighted by Gasteiger charge is 2.07. The first kappa shape index (κ1) is 16.4. The maximum absolute atomic E-state index is 12.2. The van der Waals surface area contributed by atoms with Crippen LogP contribution < -0.4 is 15.4 Å². The summed E-state index contributed by atoms with van der Waals surface area (Å²) in [5.41, 5.74) is 1.68. The van der Waals surface area contributed by atoms with Gasteiger partial charge in [0.2, 0.25) is 0 Å². The molecule has 3 aromatic rings. The molecule has 0 saturated carbocycles. The second-order valence-electron chi connectivity index (χ2n) is 5.33. The summed E-state index contributed by atoms with van der Waals surface area (Å²) >= 11 is 0. The first-order chi connectivity index (χ1) is 12.2. The quantitative estimate of drug-likeness (QED) is 0.723. The van der Waals surface area contributed by atoms with Crippen LogP contribution in [0.2, 0.25) is 0 Å². The van der Waals surface area contributed by atoms with Gasteiger partial charge >= 0.3 is 0 Å². The fraction of sp³-hybridized carbons (Fsp3) is 0.105. The molecule has 0 spiro atoms. The van der Waals surface area contributed by atoms with Gasteiger partial charge in [-0.25, -0.2) is 0 Å². The van der Waals surface area contributed by atoms with Crippen molar-refractivity contribution in [2.75, 3.05) is 17.7 Å². The van der Waals surface area contributed by atoms with E-state index in [0.29, 0.717) is 29.5 Å². The van der Waals surface area contributed by atoms with Gasteiger partial charge in [0.05, 0.1) is 7.11 Å². The van der Waals surface area contributed by atoms with E-state index in [2.05, 4.69) is 20.8 Å². The maximum atomic E-state index is 12.2. The van der Waals surface area contributed by atoms with Crippen LogP contribution in [0.5, 0.6) is 5.75 Å². The molecule has 0 atom stereocenters. The Morgan fingerprint density at radius 1 is 0.920 bits per heavy atom. The van der Waals surface area contributed by atoms with Crippen molar-refractivity contribution in [3.63, 3.8) is 0 Å². The van der Waals surface area contributed by atoms with Crippen molar-refractivity contribution in [3.05, 3.63) is 77.9 Å². The number of anilines is 2. The van der Waals surface area contributed by atoms with E-state index in [9.17, 15) is 4.79 Å². The van der Waals surface area contributed by atoms with Crippen LogP contribution in [0.3, 0.4) is 0 Å². The summed E-state index contributed by atoms with van der Waals surface area (Å²) in [5, 5.41) is 14.0. The van der Waals surface area contributed by atoms with Gasteiger partial charge in [-0.1, -0.05) is 30.3 Å². The van der Waals surface area contributed by atoms with E-state index in [0.717, 1.165) is 5.56 Å². The SMILES string of the molecule is COc1ccc(C(=O)Nc2ccc(NCc3ccccc3)nn2)cc1. The number of carbonyl (C=O) groups excluding carboxylic acids is 1. The minimum absolute atomic E-state index is 0.248. The molecule has 2 aromatic carbocycles. The Hall–Kier alpha value is -3.41. The van der Waals surface area contributed by atoms with Gasteiger partial charge in [0.25, 0.3) is 5.91 Å². The lowest BCUT2D eigenvalue weighted by atomic mass is 10.2. The second-order valence-corrected chi connectivity index (χ2v) is 5.33. The molecule has 0 fully saturated rings. The van der Waals surface area contributed by atoms with Crippen molar-refractivity contribution in [3.8, 4) is 5.75 Å². The summed E-state index contributed by atoms with van der Waals surface area (Å²) < 4.78 is 5.07. The van der Waals surface area contributed by atoms with Crippen LogP contribution in [-0.4, -0.2) is 23.2 Å². The zero-order chi connectivity index (χ0) is 17.5. The van der Waals surface area contributed by atoms with E-state index >= 15 is 0 Å². The number of hydrogen-bond donors (Lipinski definition) is 2. The van der Waals surface area contributed by atoms with Gasteiger partial charge in [0, 0.05) is 12.1 Å². The van der Waals surface area contributed by atoms with Crippen LogP contribution in [0.15, 0.2) is 66.7 Å². The van der Waals surface area contributed by atoms with Crippen LogP contribution in [0.1, 0.15) is 15.9 Å². The van der Waals surface area contributed by atoms with Gasteiger partial charge in [-0.2, -0.15) is 0 Å². The Labute approximate surface area is 145 Å². The fourth-order valence-corrected chi connectivity index (χ4v) is 2.21. The molecule has 0 aliphatic rings. The van der Waals surface area contributed by atoms with Gasteiger partial charge in [-0.3, -0.25) is 4.79 Å². The molecule has 6 nitrogen and oxygen atoms in total. The van der Waals surface area contributed by atoms with Gasteiger partial charge in [0.15, 0.2) is 5.82 Å². The van der Waals surface area contributed by atoms with Crippen LogP contribution in [0, 0.1) is 0 Å². The van der Waals surface area contributed by atoms with Crippen molar-refractivity contribution in [1.82, 2.24) is 10.2 Å². The predicted molar refractivity (Wildman–Crippen MR) is 96.7 cm³/mol. The number of carbonyl (C=O) groups is 1. The molecule has 0 aliphatic heterocycles. The smallest absolute Gasteiger partial charge is 0.256 e. The van der Waals surface area contributed by atoms with Crippen LogP contribution in [0.25, 0.3) is 0 Å². The molecule has 0 saturated heterocycles. The average Bonchev–Trinajstić information content (AvgIpc) is 2.68. The third-order valence-corrected chi connectivity index (χ3v) is 3.57. The van der Waals surface area contributed by atoms with E-state index in [1.54, 1.807) is 43.5 Å². The first-order valence-electron chi connectivity index (χ1n) is 7.81. The van der Waals surface area contributed by atoms with Crippen molar-refractivity contribution >= 4 is 17.5 Å². The minimum Gasteiger partial charge on any atom is -0.497 e. The predicted octanol–water partition coefficient (Wildman–Crippen LogP) is 3.35. The highest BCUT2D eigenvalue weighted by Crippen LogP contribution is 2.13. The van der Waals surface area contributed by atoms with Crippen molar-refractivity contribution < 1.29 is 9.53 Å². The van der Waals surface area contributed by atoms with Crippen LogP contribution >= 0.6 is 0 Å². The topological polar surface area (TPSA) is 76.1 Å². The van der Waals surface area contributed by atoms with Gasteiger partial charge in [-0.05, 0) is 42.0 Å². The molecule has 25 heavy (non-hydrogen) atoms. The van der Waals surface area contributed by atoms with E-state index in [-0.39, 0.29) is 5.91 Å². The Morgan fingerprint density at radius 3 is 2.24 bits per heavy atom. The normalized spacial score (nSPS) is 10.1. The fourth-order valence-electron chi connectivity index (χ4n) is 2.21. The first-order valence-corrected chi connectivity index (χ1v) is 7.81. The number of nitrogens with zero attached hydrogens (tertiary/aromatic N) is 2. The third kappa shape index (κ3) is 4.54. The minimum atomic E-state index is -0.248. The second kappa shape index (κ2) is 7.92. The van der Waals surface area contributed by atoms with Crippen molar-refractivity contribution in [2.24, 2.45) is 0 Å². The molecule has 3 rings (SSSR count). The number of nitrogens with one attached hydrogen (secondary N) is 2. The molecule has 0 bridgehead atoms. The number of rotatable bonds is 6. The molecule has 0 radical (unpaired) electrons. The zero-order valence-electron chi connectivity index (χ0n) is 13.8. The third-order valence-electron chi connectivity index (χ3n) is 3.57. The maximum Gasteiger partial charge on any atom is 0.256 e. The Bertz CT molecular complexity index is 818. The lowest BCUT2D eigenvalue weighted by Gasteiger charge is -2.07. The number of methoxy groups -OCH3 is 1. The number of amides is 1. The Morgan fingerprint density at radius 2 is 1.60 bits per heavy atom. The van der Waals surface area contributed by atoms with Crippen LogP contribution in [-0.2, 0) is 6.54 Å². The molecule has 1 heterocycles. The lowest BCUT2D eigenvalue weighted by Crippen LogP contribution is -2.13. The standard InChI is InChI=1S/C19H18N4O2/c1-25-16-9-7-15(8-10-16)19(24)21-18-12-11-17(22-23-18)20-13-14-5-3-2-4-6-14/h2-12H,13H2,1H3,(H,20,22)(H,21,23,24). The average molecular weight is 334 g/mol. The number of ether oxygens (including phenoxy) is 1. The van der Waals surface area contributed by atoms with E-state index in [1.807, 2.05) is 30.3 Å².